The van der Waals surface area contributed by atoms with Crippen LogP contribution >= 0.6 is 0 Å². The minimum absolute atomic E-state index is 0.0835. The minimum atomic E-state index is -0.711. The van der Waals surface area contributed by atoms with Crippen LogP contribution in [0.15, 0.2) is 18.2 Å². The summed E-state index contributed by atoms with van der Waals surface area (Å²) in [6.07, 6.45) is 0.260. The molecule has 20 heavy (non-hydrogen) atoms. The van der Waals surface area contributed by atoms with E-state index in [4.69, 9.17) is 0 Å². The molecule has 1 aromatic rings. The van der Waals surface area contributed by atoms with E-state index in [0.717, 1.165) is 0 Å². The van der Waals surface area contributed by atoms with Gasteiger partial charge in [-0.15, -0.1) is 0 Å². The quantitative estimate of drug-likeness (QED) is 0.647. The molecule has 108 valence electrons. The molecular formula is C13H17N3O4. The Morgan fingerprint density at radius 2 is 1.95 bits per heavy atom. The molecule has 0 aliphatic rings. The van der Waals surface area contributed by atoms with Gasteiger partial charge >= 0.3 is 0 Å². The number of nitrogens with zero attached hydrogens (tertiary/aromatic N) is 1. The zero-order chi connectivity index (χ0) is 15.3. The molecule has 7 heteroatoms. The van der Waals surface area contributed by atoms with Crippen molar-refractivity contribution in [1.82, 2.24) is 10.9 Å². The van der Waals surface area contributed by atoms with Crippen molar-refractivity contribution in [1.29, 1.82) is 0 Å². The molecule has 2 N–H and O–H groups in total. The molecule has 0 heterocycles. The monoisotopic (exact) mass is 279 g/mol. The van der Waals surface area contributed by atoms with Crippen molar-refractivity contribution in [3.8, 4) is 0 Å². The van der Waals surface area contributed by atoms with Crippen LogP contribution in [-0.2, 0) is 4.79 Å². The third kappa shape index (κ3) is 4.04. The second kappa shape index (κ2) is 6.65. The smallest absolute Gasteiger partial charge is 0.273 e. The molecule has 0 fully saturated rings. The molecular weight excluding hydrogens is 262 g/mol. The first-order valence-corrected chi connectivity index (χ1v) is 6.16. The average molecular weight is 279 g/mol. The van der Waals surface area contributed by atoms with Crippen LogP contribution < -0.4 is 10.9 Å². The number of hydrogen-bond acceptors (Lipinski definition) is 4. The summed E-state index contributed by atoms with van der Waals surface area (Å²) in [5.41, 5.74) is 4.46. The maximum absolute atomic E-state index is 11.9. The van der Waals surface area contributed by atoms with Crippen molar-refractivity contribution in [2.75, 3.05) is 0 Å². The zero-order valence-electron chi connectivity index (χ0n) is 11.6. The van der Waals surface area contributed by atoms with Gasteiger partial charge < -0.3 is 0 Å². The number of nitro groups is 1. The van der Waals surface area contributed by atoms with Gasteiger partial charge in [-0.05, 0) is 18.9 Å². The number of benzene rings is 1. The van der Waals surface area contributed by atoms with Crippen molar-refractivity contribution in [3.63, 3.8) is 0 Å². The van der Waals surface area contributed by atoms with Crippen molar-refractivity contribution in [2.24, 2.45) is 5.92 Å². The second-order valence-electron chi connectivity index (χ2n) is 4.83. The number of carbonyl (C=O) groups excluding carboxylic acids is 2. The number of aryl methyl sites for hydroxylation is 1. The highest BCUT2D eigenvalue weighted by atomic mass is 16.6. The molecule has 0 aliphatic carbocycles. The summed E-state index contributed by atoms with van der Waals surface area (Å²) in [6, 6.07) is 4.44. The Morgan fingerprint density at radius 1 is 1.30 bits per heavy atom. The van der Waals surface area contributed by atoms with Crippen LogP contribution in [0.4, 0.5) is 5.69 Å². The molecule has 2 amide bonds. The Kier molecular flexibility index (Phi) is 5.19. The number of hydrazine groups is 1. The van der Waals surface area contributed by atoms with Gasteiger partial charge in [0.2, 0.25) is 5.91 Å². The number of hydrogen-bond donors (Lipinski definition) is 2. The summed E-state index contributed by atoms with van der Waals surface area (Å²) in [4.78, 5) is 33.7. The maximum atomic E-state index is 11.9. The van der Waals surface area contributed by atoms with Gasteiger partial charge in [-0.3, -0.25) is 30.6 Å². The Hall–Kier alpha value is -2.44. The molecule has 0 aliphatic heterocycles. The molecule has 0 saturated heterocycles. The van der Waals surface area contributed by atoms with Crippen LogP contribution in [0.3, 0.4) is 0 Å². The molecule has 0 bridgehead atoms. The molecule has 0 aromatic heterocycles. The highest BCUT2D eigenvalue weighted by Gasteiger charge is 2.22. The molecule has 0 saturated carbocycles. The molecule has 7 nitrogen and oxygen atoms in total. The van der Waals surface area contributed by atoms with E-state index < -0.39 is 10.8 Å². The van der Waals surface area contributed by atoms with Crippen molar-refractivity contribution < 1.29 is 14.5 Å². The largest absolute Gasteiger partial charge is 0.285 e. The number of para-hydroxylation sites is 1. The van der Waals surface area contributed by atoms with Crippen LogP contribution in [0.1, 0.15) is 36.2 Å². The van der Waals surface area contributed by atoms with E-state index in [1.165, 1.54) is 6.07 Å². The highest BCUT2D eigenvalue weighted by molar-refractivity contribution is 5.99. The lowest BCUT2D eigenvalue weighted by Crippen LogP contribution is -2.42. The second-order valence-corrected chi connectivity index (χ2v) is 4.83. The summed E-state index contributed by atoms with van der Waals surface area (Å²) in [5, 5.41) is 11.0. The van der Waals surface area contributed by atoms with Crippen molar-refractivity contribution in [2.45, 2.75) is 27.2 Å². The van der Waals surface area contributed by atoms with E-state index in [-0.39, 0.29) is 29.5 Å². The fourth-order valence-corrected chi connectivity index (χ4v) is 1.70. The van der Waals surface area contributed by atoms with Crippen LogP contribution in [0.2, 0.25) is 0 Å². The number of nitro benzene ring substituents is 1. The number of nitrogens with one attached hydrogen (secondary N) is 2. The third-order valence-corrected chi connectivity index (χ3v) is 2.57. The van der Waals surface area contributed by atoms with Gasteiger partial charge in [0.25, 0.3) is 11.6 Å². The third-order valence-electron chi connectivity index (χ3n) is 2.57. The van der Waals surface area contributed by atoms with Gasteiger partial charge in [0, 0.05) is 12.0 Å². The standard InChI is InChI=1S/C13H17N3O4/c1-8(2)7-11(17)14-15-13(18)10-6-4-5-9(3)12(10)16(19)20/h4-6,8H,7H2,1-3H3,(H,14,17)(H,15,18). The summed E-state index contributed by atoms with van der Waals surface area (Å²) >= 11 is 0. The Bertz CT molecular complexity index is 540. The van der Waals surface area contributed by atoms with Crippen LogP contribution in [-0.4, -0.2) is 16.7 Å². The minimum Gasteiger partial charge on any atom is -0.273 e. The van der Waals surface area contributed by atoms with E-state index >= 15 is 0 Å². The number of carbonyl (C=O) groups is 2. The van der Waals surface area contributed by atoms with Crippen LogP contribution in [0.5, 0.6) is 0 Å². The normalized spacial score (nSPS) is 10.2. The van der Waals surface area contributed by atoms with E-state index in [2.05, 4.69) is 10.9 Å². The maximum Gasteiger partial charge on any atom is 0.285 e. The van der Waals surface area contributed by atoms with Gasteiger partial charge in [0.15, 0.2) is 0 Å². The summed E-state index contributed by atoms with van der Waals surface area (Å²) < 4.78 is 0. The molecule has 0 radical (unpaired) electrons. The zero-order valence-corrected chi connectivity index (χ0v) is 11.6. The Balaban J connectivity index is 2.81. The first kappa shape index (κ1) is 15.6. The lowest BCUT2D eigenvalue weighted by Gasteiger charge is -2.09. The first-order chi connectivity index (χ1) is 9.32. The van der Waals surface area contributed by atoms with E-state index in [0.29, 0.717) is 5.56 Å². The number of amides is 2. The average Bonchev–Trinajstić information content (AvgIpc) is 2.34. The molecule has 0 unspecified atom stereocenters. The van der Waals surface area contributed by atoms with Crippen molar-refractivity contribution in [3.05, 3.63) is 39.4 Å². The lowest BCUT2D eigenvalue weighted by atomic mass is 10.1. The SMILES string of the molecule is Cc1cccc(C(=O)NNC(=O)CC(C)C)c1[N+](=O)[O-]. The highest BCUT2D eigenvalue weighted by Crippen LogP contribution is 2.22. The molecule has 1 rings (SSSR count). The fourth-order valence-electron chi connectivity index (χ4n) is 1.70. The van der Waals surface area contributed by atoms with Gasteiger partial charge in [-0.1, -0.05) is 26.0 Å². The van der Waals surface area contributed by atoms with Crippen LogP contribution in [0.25, 0.3) is 0 Å². The van der Waals surface area contributed by atoms with E-state index in [1.807, 2.05) is 13.8 Å². The predicted molar refractivity (Wildman–Crippen MR) is 72.9 cm³/mol. The summed E-state index contributed by atoms with van der Waals surface area (Å²) in [6.45, 7) is 5.28. The van der Waals surface area contributed by atoms with Crippen LogP contribution in [0, 0.1) is 23.0 Å². The van der Waals surface area contributed by atoms with Gasteiger partial charge in [-0.2, -0.15) is 0 Å². The first-order valence-electron chi connectivity index (χ1n) is 6.16. The number of rotatable bonds is 4. The fraction of sp³-hybridized carbons (Fsp3) is 0.385. The molecule has 1 aromatic carbocycles. The molecule has 0 atom stereocenters. The summed E-state index contributed by atoms with van der Waals surface area (Å²) in [5.74, 6) is -0.902. The van der Waals surface area contributed by atoms with E-state index in [9.17, 15) is 19.7 Å². The van der Waals surface area contributed by atoms with Gasteiger partial charge in [0.1, 0.15) is 5.56 Å². The Labute approximate surface area is 116 Å². The Morgan fingerprint density at radius 3 is 2.50 bits per heavy atom. The lowest BCUT2D eigenvalue weighted by molar-refractivity contribution is -0.385. The predicted octanol–water partition coefficient (Wildman–Crippen LogP) is 1.71. The molecule has 0 spiro atoms. The van der Waals surface area contributed by atoms with Gasteiger partial charge in [0.05, 0.1) is 4.92 Å². The summed E-state index contributed by atoms with van der Waals surface area (Å²) in [7, 11) is 0. The van der Waals surface area contributed by atoms with Crippen molar-refractivity contribution >= 4 is 17.5 Å². The van der Waals surface area contributed by atoms with Gasteiger partial charge in [-0.25, -0.2) is 0 Å². The topological polar surface area (TPSA) is 101 Å². The van der Waals surface area contributed by atoms with E-state index in [1.54, 1.807) is 19.1 Å².